The van der Waals surface area contributed by atoms with Gasteiger partial charge in [-0.05, 0) is 25.1 Å². The number of carbonyl (C=O) groups is 2. The van der Waals surface area contributed by atoms with Gasteiger partial charge < -0.3 is 19.7 Å². The number of benzene rings is 1. The molecule has 0 aromatic heterocycles. The molecule has 1 saturated heterocycles. The van der Waals surface area contributed by atoms with Crippen LogP contribution in [0.25, 0.3) is 0 Å². The zero-order valence-electron chi connectivity index (χ0n) is 14.4. The number of rotatable bonds is 1. The quantitative estimate of drug-likeness (QED) is 0.582. The molecule has 2 N–H and O–H groups in total. The average Bonchev–Trinajstić information content (AvgIpc) is 3.29. The molecule has 3 aliphatic carbocycles. The third-order valence-corrected chi connectivity index (χ3v) is 6.18. The fourth-order valence-corrected chi connectivity index (χ4v) is 5.15. The number of aliphatic hydroxyl groups excluding tert-OH is 1. The highest BCUT2D eigenvalue weighted by Gasteiger charge is 2.86. The largest absolute Gasteiger partial charge is 0.496 e. The van der Waals surface area contributed by atoms with Gasteiger partial charge >= 0.3 is 0 Å². The standard InChI is InChI=1S/C20H18O6/c1-10-8-12(21)15-18(24,9-10)6-7-19-17(23)14-11(4-3-5-13(14)25-2)16(22)20(15,19)26-19/h3-8,15,17,23-24H,9H2,1-2H3/t15-,17-,18-,19+,20-/m0/s1. The molecule has 26 heavy (non-hydrogen) atoms. The minimum Gasteiger partial charge on any atom is -0.496 e. The van der Waals surface area contributed by atoms with Crippen molar-refractivity contribution in [1.82, 2.24) is 0 Å². The van der Waals surface area contributed by atoms with E-state index in [2.05, 4.69) is 0 Å². The number of hydrogen-bond acceptors (Lipinski definition) is 6. The summed E-state index contributed by atoms with van der Waals surface area (Å²) in [5.41, 5.74) is -3.06. The van der Waals surface area contributed by atoms with Gasteiger partial charge in [0.15, 0.2) is 22.8 Å². The fraction of sp³-hybridized carbons (Fsp3) is 0.400. The van der Waals surface area contributed by atoms with E-state index in [4.69, 9.17) is 9.47 Å². The van der Waals surface area contributed by atoms with Crippen molar-refractivity contribution in [3.63, 3.8) is 0 Å². The Balaban J connectivity index is 1.77. The fourth-order valence-electron chi connectivity index (χ4n) is 5.15. The molecule has 1 aromatic rings. The maximum Gasteiger partial charge on any atom is 0.199 e. The Kier molecular flexibility index (Phi) is 2.77. The number of fused-ring (bicyclic) bond motifs is 2. The zero-order chi connectivity index (χ0) is 18.5. The van der Waals surface area contributed by atoms with E-state index < -0.39 is 34.6 Å². The third kappa shape index (κ3) is 1.50. The van der Waals surface area contributed by atoms with E-state index in [9.17, 15) is 19.8 Å². The first-order valence-electron chi connectivity index (χ1n) is 8.54. The molecular weight excluding hydrogens is 336 g/mol. The second-order valence-electron chi connectivity index (χ2n) is 7.61. The molecule has 5 atom stereocenters. The maximum absolute atomic E-state index is 13.4. The van der Waals surface area contributed by atoms with Gasteiger partial charge in [0.1, 0.15) is 11.9 Å². The summed E-state index contributed by atoms with van der Waals surface area (Å²) >= 11 is 0. The van der Waals surface area contributed by atoms with Crippen LogP contribution in [0.15, 0.2) is 42.0 Å². The van der Waals surface area contributed by atoms with Crippen molar-refractivity contribution in [3.8, 4) is 5.75 Å². The van der Waals surface area contributed by atoms with Gasteiger partial charge in [-0.15, -0.1) is 0 Å². The van der Waals surface area contributed by atoms with Gasteiger partial charge in [-0.2, -0.15) is 0 Å². The lowest BCUT2D eigenvalue weighted by atomic mass is 9.56. The molecule has 0 saturated carbocycles. The van der Waals surface area contributed by atoms with Crippen LogP contribution in [0.2, 0.25) is 0 Å². The van der Waals surface area contributed by atoms with Crippen molar-refractivity contribution in [2.45, 2.75) is 36.3 Å². The third-order valence-electron chi connectivity index (χ3n) is 6.18. The minimum atomic E-state index is -1.58. The molecule has 5 rings (SSSR count). The van der Waals surface area contributed by atoms with Crippen LogP contribution in [0.1, 0.15) is 35.4 Å². The number of epoxide rings is 1. The molecule has 4 aliphatic rings. The van der Waals surface area contributed by atoms with Crippen LogP contribution in [0.5, 0.6) is 5.75 Å². The molecule has 0 spiro atoms. The zero-order valence-corrected chi connectivity index (χ0v) is 14.4. The first kappa shape index (κ1) is 15.9. The molecule has 1 aromatic carbocycles. The smallest absolute Gasteiger partial charge is 0.199 e. The molecular formula is C20H18O6. The molecule has 1 fully saturated rings. The first-order valence-corrected chi connectivity index (χ1v) is 8.54. The molecule has 1 heterocycles. The second-order valence-corrected chi connectivity index (χ2v) is 7.61. The molecule has 6 nitrogen and oxygen atoms in total. The van der Waals surface area contributed by atoms with Crippen LogP contribution in [-0.4, -0.2) is 45.7 Å². The van der Waals surface area contributed by atoms with Crippen molar-refractivity contribution < 1.29 is 29.3 Å². The van der Waals surface area contributed by atoms with Crippen molar-refractivity contribution in [1.29, 1.82) is 0 Å². The molecule has 0 bridgehead atoms. The molecule has 0 unspecified atom stereocenters. The van der Waals surface area contributed by atoms with Crippen molar-refractivity contribution >= 4 is 11.6 Å². The van der Waals surface area contributed by atoms with Gasteiger partial charge in [0.2, 0.25) is 0 Å². The SMILES string of the molecule is COc1cccc2c1[C@H](O)[C@]13C=C[C@]4(O)CC(C)=CC(=O)[C@@H]4[C@]1(O3)C2=O. The lowest BCUT2D eigenvalue weighted by Gasteiger charge is -2.44. The van der Waals surface area contributed by atoms with Crippen molar-refractivity contribution in [2.24, 2.45) is 5.92 Å². The summed E-state index contributed by atoms with van der Waals surface area (Å²) in [4.78, 5) is 26.2. The number of Topliss-reactive ketones (excluding diaryl/α,β-unsaturated/α-hetero) is 1. The first-order chi connectivity index (χ1) is 12.3. The lowest BCUT2D eigenvalue weighted by molar-refractivity contribution is -0.129. The summed E-state index contributed by atoms with van der Waals surface area (Å²) in [6.07, 6.45) is 3.59. The molecule has 1 aliphatic heterocycles. The number of allylic oxidation sites excluding steroid dienone is 1. The highest BCUT2D eigenvalue weighted by molar-refractivity contribution is 6.14. The summed E-state index contributed by atoms with van der Waals surface area (Å²) in [5, 5.41) is 22.2. The van der Waals surface area contributed by atoms with Gasteiger partial charge in [0, 0.05) is 17.5 Å². The number of carbonyl (C=O) groups excluding carboxylic acids is 2. The summed E-state index contributed by atoms with van der Waals surface area (Å²) in [7, 11) is 1.47. The predicted octanol–water partition coefficient (Wildman–Crippen LogP) is 1.27. The van der Waals surface area contributed by atoms with Crippen molar-refractivity contribution in [2.75, 3.05) is 7.11 Å². The number of methoxy groups -OCH3 is 1. The van der Waals surface area contributed by atoms with Crippen LogP contribution >= 0.6 is 0 Å². The minimum absolute atomic E-state index is 0.245. The predicted molar refractivity (Wildman–Crippen MR) is 89.8 cm³/mol. The summed E-state index contributed by atoms with van der Waals surface area (Å²) < 4.78 is 11.2. The van der Waals surface area contributed by atoms with Gasteiger partial charge in [-0.25, -0.2) is 0 Å². The summed E-state index contributed by atoms with van der Waals surface area (Å²) in [6.45, 7) is 1.77. The Morgan fingerprint density at radius 1 is 1.27 bits per heavy atom. The Morgan fingerprint density at radius 3 is 2.77 bits per heavy atom. The Bertz CT molecular complexity index is 946. The Morgan fingerprint density at radius 2 is 2.04 bits per heavy atom. The highest BCUT2D eigenvalue weighted by Crippen LogP contribution is 2.70. The van der Waals surface area contributed by atoms with Crippen LogP contribution in [0.3, 0.4) is 0 Å². The molecule has 6 heteroatoms. The second kappa shape index (κ2) is 4.52. The van der Waals surface area contributed by atoms with Crippen LogP contribution in [-0.2, 0) is 9.53 Å². The van der Waals surface area contributed by atoms with E-state index in [-0.39, 0.29) is 17.8 Å². The molecule has 134 valence electrons. The number of hydrogen-bond donors (Lipinski definition) is 2. The van der Waals surface area contributed by atoms with E-state index in [1.807, 2.05) is 0 Å². The van der Waals surface area contributed by atoms with Crippen molar-refractivity contribution in [3.05, 3.63) is 53.1 Å². The topological polar surface area (TPSA) is 96.4 Å². The van der Waals surface area contributed by atoms with Crippen LogP contribution in [0.4, 0.5) is 0 Å². The van der Waals surface area contributed by atoms with E-state index in [1.54, 1.807) is 31.2 Å². The van der Waals surface area contributed by atoms with E-state index in [1.165, 1.54) is 19.3 Å². The Hall–Kier alpha value is -2.28. The number of aliphatic hydroxyl groups is 2. The van der Waals surface area contributed by atoms with Gasteiger partial charge in [-0.3, -0.25) is 9.59 Å². The van der Waals surface area contributed by atoms with E-state index >= 15 is 0 Å². The lowest BCUT2D eigenvalue weighted by Crippen LogP contribution is -2.61. The summed E-state index contributed by atoms with van der Waals surface area (Å²) in [6, 6.07) is 4.92. The molecule has 0 radical (unpaired) electrons. The normalized spacial score (nSPS) is 42.2. The van der Waals surface area contributed by atoms with Gasteiger partial charge in [0.25, 0.3) is 0 Å². The van der Waals surface area contributed by atoms with Crippen LogP contribution < -0.4 is 4.74 Å². The van der Waals surface area contributed by atoms with E-state index in [0.717, 1.165) is 5.57 Å². The number of ether oxygens (including phenoxy) is 2. The number of ketones is 2. The van der Waals surface area contributed by atoms with Crippen LogP contribution in [0, 0.1) is 5.92 Å². The maximum atomic E-state index is 13.4. The monoisotopic (exact) mass is 354 g/mol. The highest BCUT2D eigenvalue weighted by atomic mass is 16.7. The average molecular weight is 354 g/mol. The summed E-state index contributed by atoms with van der Waals surface area (Å²) in [5.74, 6) is -1.44. The van der Waals surface area contributed by atoms with Gasteiger partial charge in [0.05, 0.1) is 18.6 Å². The van der Waals surface area contributed by atoms with E-state index in [0.29, 0.717) is 11.3 Å². The van der Waals surface area contributed by atoms with Gasteiger partial charge in [-0.1, -0.05) is 23.8 Å². The Labute approximate surface area is 149 Å². The molecule has 0 amide bonds.